The summed E-state index contributed by atoms with van der Waals surface area (Å²) in [6.45, 7) is 10.4. The lowest BCUT2D eigenvalue weighted by Gasteiger charge is -2.29. The van der Waals surface area contributed by atoms with Crippen molar-refractivity contribution < 1.29 is 71.8 Å². The molecule has 12 rings (SSSR count). The van der Waals surface area contributed by atoms with Crippen LogP contribution in [0.3, 0.4) is 0 Å². The number of halogens is 5. The van der Waals surface area contributed by atoms with Crippen molar-refractivity contribution in [2.45, 2.75) is 114 Å². The Hall–Kier alpha value is -8.37. The van der Waals surface area contributed by atoms with Crippen molar-refractivity contribution in [3.8, 4) is 0 Å². The van der Waals surface area contributed by atoms with Gasteiger partial charge in [0.05, 0.1) is 31.9 Å². The van der Waals surface area contributed by atoms with Crippen LogP contribution in [-0.2, 0) is 79.3 Å². The summed E-state index contributed by atoms with van der Waals surface area (Å²) in [4.78, 5) is 160. The Morgan fingerprint density at radius 3 is 1.37 bits per heavy atom. The highest BCUT2D eigenvalue weighted by molar-refractivity contribution is 9.11. The number of esters is 2. The zero-order valence-electron chi connectivity index (χ0n) is 50.5. The first-order valence-corrected chi connectivity index (χ1v) is 32.7. The second kappa shape index (κ2) is 33.6. The molecule has 492 valence electrons. The fourth-order valence-corrected chi connectivity index (χ4v) is 12.6. The van der Waals surface area contributed by atoms with Gasteiger partial charge in [0.1, 0.15) is 24.2 Å². The monoisotopic (exact) mass is 1560 g/mol. The van der Waals surface area contributed by atoms with Gasteiger partial charge in [0, 0.05) is 87.3 Å². The van der Waals surface area contributed by atoms with Crippen LogP contribution in [0.1, 0.15) is 137 Å². The Morgan fingerprint density at radius 2 is 0.947 bits per heavy atom. The molecule has 0 aromatic heterocycles. The molecule has 0 radical (unpaired) electrons. The first kappa shape index (κ1) is 73.0. The number of fused-ring (bicyclic) bond motifs is 3. The molecular formula is C64H61Br4ClN10O15. The van der Waals surface area contributed by atoms with Crippen LogP contribution in [0.4, 0.5) is 5.69 Å². The van der Waals surface area contributed by atoms with E-state index in [1.54, 1.807) is 47.4 Å². The minimum atomic E-state index is -0.607. The SMILES string of the molecule is COC(=O)c1ccc(Br)cc1C.COC(=O)c1ccc(Br)cc1CBr.NCc1ccc2c(c1)CN(C1CCC(=O)NC1=O)C2=O.O=C1CCC(N2Cc3cc(Br)ccc3C2=O)C(=O)N1.O=C1CCC(NCl)C(=O)N1.[C-]#[N+]c1ccc2c(c1)CN(C1CCC(=O)NC1=O)C2=O. The summed E-state index contributed by atoms with van der Waals surface area (Å²) in [7, 11) is 2.76. The number of hydrogen-bond donors (Lipinski definition) is 6. The number of nitrogens with zero attached hydrogens (tertiary/aromatic N) is 4. The molecule has 11 amide bonds. The van der Waals surface area contributed by atoms with Gasteiger partial charge in [0.2, 0.25) is 47.3 Å². The summed E-state index contributed by atoms with van der Waals surface area (Å²) in [5.74, 6) is -3.71. The number of amides is 11. The number of benzene rings is 5. The smallest absolute Gasteiger partial charge is 0.338 e. The number of carbonyl (C=O) groups is 13. The summed E-state index contributed by atoms with van der Waals surface area (Å²) >= 11 is 18.5. The third kappa shape index (κ3) is 18.3. The van der Waals surface area contributed by atoms with Crippen molar-refractivity contribution in [1.29, 1.82) is 0 Å². The van der Waals surface area contributed by atoms with E-state index in [-0.39, 0.29) is 90.3 Å². The number of hydrogen-bond acceptors (Lipinski definition) is 17. The van der Waals surface area contributed by atoms with Crippen LogP contribution in [0, 0.1) is 13.5 Å². The molecule has 5 aromatic carbocycles. The lowest BCUT2D eigenvalue weighted by atomic mass is 10.0. The standard InChI is InChI=1S/C14H11N3O3.C14H15N3O3.C13H11BrN2O3.C9H8Br2O2.C9H9BrO2.C5H7ClN2O2/c1-15-9-2-3-10-8(6-9)7-17(14(10)20)11-4-5-12(18)16-13(11)19;15-6-8-1-2-10-9(5-8)7-17(14(10)20)11-3-4-12(18)16-13(11)19;14-8-1-2-9-7(5-8)6-16(13(9)19)10-3-4-11(17)15-12(10)18;1-13-9(12)8-3-2-7(11)4-6(8)5-10;1-6-5-7(10)3-4-8(6)9(11)12-2;6-8-3-1-2-4(9)7-5(3)10/h2-3,6,11H,4-5,7H2,(H,16,18,19);1-2,5,11H,3-4,6-7,15H2,(H,16,18,19);1-2,5,10H,3-4,6H2,(H,15,17,18);2-4H,5H2,1H3;3-5H,1-2H3;3,8H,1-2H2,(H,7,9,10). The number of ether oxygens (including phenoxy) is 2. The van der Waals surface area contributed by atoms with Crippen LogP contribution in [-0.4, -0.2) is 130 Å². The van der Waals surface area contributed by atoms with Gasteiger partial charge in [-0.05, 0) is 138 Å². The van der Waals surface area contributed by atoms with Crippen LogP contribution < -0.4 is 31.8 Å². The van der Waals surface area contributed by atoms with Gasteiger partial charge in [-0.15, -0.1) is 0 Å². The molecule has 25 nitrogen and oxygen atoms in total. The average molecular weight is 1570 g/mol. The van der Waals surface area contributed by atoms with Crippen molar-refractivity contribution in [2.75, 3.05) is 14.2 Å². The quantitative estimate of drug-likeness (QED) is 0.0291. The number of rotatable bonds is 8. The van der Waals surface area contributed by atoms with Crippen LogP contribution in [0.5, 0.6) is 0 Å². The van der Waals surface area contributed by atoms with Gasteiger partial charge in [-0.25, -0.2) is 19.3 Å². The van der Waals surface area contributed by atoms with E-state index in [0.29, 0.717) is 97.1 Å². The van der Waals surface area contributed by atoms with E-state index in [2.05, 4.69) is 104 Å². The third-order valence-corrected chi connectivity index (χ3v) is 17.9. The number of carbonyl (C=O) groups excluding carboxylic acids is 13. The second-order valence-corrected chi connectivity index (χ2v) is 25.2. The molecule has 5 aromatic rings. The molecule has 4 atom stereocenters. The van der Waals surface area contributed by atoms with Gasteiger partial charge in [0.15, 0.2) is 5.69 Å². The maximum Gasteiger partial charge on any atom is 0.338 e. The van der Waals surface area contributed by atoms with E-state index in [1.165, 1.54) is 24.0 Å². The Kier molecular flexibility index (Phi) is 26.1. The molecule has 0 aliphatic carbocycles. The molecule has 7 N–H and O–H groups in total. The van der Waals surface area contributed by atoms with Crippen LogP contribution in [0.25, 0.3) is 4.85 Å². The molecule has 0 spiro atoms. The molecule has 7 heterocycles. The zero-order valence-corrected chi connectivity index (χ0v) is 57.6. The van der Waals surface area contributed by atoms with Crippen LogP contribution in [0.15, 0.2) is 104 Å². The molecule has 0 bridgehead atoms. The lowest BCUT2D eigenvalue weighted by Crippen LogP contribution is -2.52. The second-order valence-electron chi connectivity index (χ2n) is 21.6. The zero-order chi connectivity index (χ0) is 68.7. The minimum Gasteiger partial charge on any atom is -0.465 e. The van der Waals surface area contributed by atoms with E-state index >= 15 is 0 Å². The summed E-state index contributed by atoms with van der Waals surface area (Å²) in [6, 6.07) is 24.6. The molecule has 7 aliphatic heterocycles. The van der Waals surface area contributed by atoms with Crippen molar-refractivity contribution in [3.63, 3.8) is 0 Å². The van der Waals surface area contributed by atoms with Crippen molar-refractivity contribution in [3.05, 3.63) is 177 Å². The van der Waals surface area contributed by atoms with E-state index in [0.717, 1.165) is 46.8 Å². The van der Waals surface area contributed by atoms with Gasteiger partial charge in [-0.1, -0.05) is 94.1 Å². The molecular weight excluding hydrogens is 1500 g/mol. The minimum absolute atomic E-state index is 0.142. The lowest BCUT2D eigenvalue weighted by molar-refractivity contribution is -0.138. The number of piperidine rings is 4. The summed E-state index contributed by atoms with van der Waals surface area (Å²) < 4.78 is 12.1. The third-order valence-electron chi connectivity index (χ3n) is 15.5. The fraction of sp³-hybridized carbons (Fsp3) is 0.312. The van der Waals surface area contributed by atoms with Crippen molar-refractivity contribution >= 4 is 158 Å². The number of alkyl halides is 1. The average Bonchev–Trinajstić information content (AvgIpc) is 1.65. The fourth-order valence-electron chi connectivity index (χ4n) is 10.7. The molecule has 0 saturated carbocycles. The van der Waals surface area contributed by atoms with E-state index in [9.17, 15) is 62.3 Å². The maximum atomic E-state index is 12.4. The Bertz CT molecular complexity index is 3940. The predicted octanol–water partition coefficient (Wildman–Crippen LogP) is 7.32. The molecule has 7 aliphatic rings. The molecule has 4 fully saturated rings. The highest BCUT2D eigenvalue weighted by atomic mass is 79.9. The number of methoxy groups -OCH3 is 2. The van der Waals surface area contributed by atoms with Crippen molar-refractivity contribution in [1.82, 2.24) is 40.8 Å². The summed E-state index contributed by atoms with van der Waals surface area (Å²) in [5.41, 5.74) is 14.4. The first-order chi connectivity index (χ1) is 44.8. The molecule has 4 unspecified atom stereocenters. The molecule has 94 heavy (non-hydrogen) atoms. The summed E-state index contributed by atoms with van der Waals surface area (Å²) in [6.07, 6.45) is 2.75. The molecule has 4 saturated heterocycles. The number of aryl methyl sites for hydroxylation is 1. The van der Waals surface area contributed by atoms with Gasteiger partial charge >= 0.3 is 11.9 Å². The topological polar surface area (TPSA) is 341 Å². The molecule has 30 heteroatoms. The predicted molar refractivity (Wildman–Crippen MR) is 353 cm³/mol. The van der Waals surface area contributed by atoms with Crippen LogP contribution >= 0.6 is 75.5 Å². The Labute approximate surface area is 577 Å². The van der Waals surface area contributed by atoms with E-state index < -0.39 is 30.1 Å². The first-order valence-electron chi connectivity index (χ1n) is 28.8. The normalized spacial score (nSPS) is 19.1. The number of nitrogens with two attached hydrogens (primary N) is 1. The van der Waals surface area contributed by atoms with Gasteiger partial charge in [-0.3, -0.25) is 74.0 Å². The van der Waals surface area contributed by atoms with E-state index in [4.69, 9.17) is 24.1 Å². The van der Waals surface area contributed by atoms with Gasteiger partial charge in [-0.2, -0.15) is 0 Å². The Balaban J connectivity index is 0.000000163. The van der Waals surface area contributed by atoms with E-state index in [1.807, 2.05) is 55.5 Å². The Morgan fingerprint density at radius 1 is 0.553 bits per heavy atom. The van der Waals surface area contributed by atoms with Gasteiger partial charge < -0.3 is 29.9 Å². The highest BCUT2D eigenvalue weighted by Gasteiger charge is 2.42. The summed E-state index contributed by atoms with van der Waals surface area (Å²) in [5, 5.41) is 9.62. The van der Waals surface area contributed by atoms with Gasteiger partial charge in [0.25, 0.3) is 17.7 Å². The largest absolute Gasteiger partial charge is 0.465 e. The van der Waals surface area contributed by atoms with Crippen LogP contribution in [0.2, 0.25) is 0 Å². The van der Waals surface area contributed by atoms with Crippen molar-refractivity contribution in [2.24, 2.45) is 5.73 Å². The highest BCUT2D eigenvalue weighted by Crippen LogP contribution is 2.33. The maximum absolute atomic E-state index is 12.4. The number of imide groups is 4. The number of nitrogens with one attached hydrogen (secondary N) is 5.